The summed E-state index contributed by atoms with van der Waals surface area (Å²) in [5.41, 5.74) is 0.266. The Bertz CT molecular complexity index is 540. The van der Waals surface area contributed by atoms with Crippen molar-refractivity contribution in [2.24, 2.45) is 0 Å². The number of carbonyl (C=O) groups excluding carboxylic acids is 2. The largest absolute Gasteiger partial charge is 0.494 e. The lowest BCUT2D eigenvalue weighted by Gasteiger charge is -2.19. The van der Waals surface area contributed by atoms with E-state index in [0.717, 1.165) is 6.42 Å². The second-order valence-electron chi connectivity index (χ2n) is 5.08. The van der Waals surface area contributed by atoms with Gasteiger partial charge in [-0.1, -0.05) is 6.92 Å². The van der Waals surface area contributed by atoms with Crippen molar-refractivity contribution in [2.75, 3.05) is 32.9 Å². The standard InChI is InChI=1S/C18H27NO5/c1-5-11-23-18(21)15-12-14(22-8-4)9-10-16(15)24-13-17(20)19(6-2)7-3/h9-10,12H,5-8,11,13H2,1-4H3. The molecule has 1 rings (SSSR count). The lowest BCUT2D eigenvalue weighted by Crippen LogP contribution is -2.34. The SMILES string of the molecule is CCCOC(=O)c1cc(OCC)ccc1OCC(=O)N(CC)CC. The zero-order valence-corrected chi connectivity index (χ0v) is 15.0. The van der Waals surface area contributed by atoms with Crippen molar-refractivity contribution in [2.45, 2.75) is 34.1 Å². The molecule has 0 unspecified atom stereocenters. The maximum atomic E-state index is 12.2. The number of hydrogen-bond donors (Lipinski definition) is 0. The number of hydrogen-bond acceptors (Lipinski definition) is 5. The summed E-state index contributed by atoms with van der Waals surface area (Å²) in [6.45, 7) is 9.54. The summed E-state index contributed by atoms with van der Waals surface area (Å²) < 4.78 is 16.2. The van der Waals surface area contributed by atoms with Crippen molar-refractivity contribution in [3.63, 3.8) is 0 Å². The zero-order valence-electron chi connectivity index (χ0n) is 15.0. The molecular weight excluding hydrogens is 310 g/mol. The molecule has 0 radical (unpaired) electrons. The molecular formula is C18H27NO5. The molecule has 0 aliphatic heterocycles. The van der Waals surface area contributed by atoms with Gasteiger partial charge in [-0.05, 0) is 45.4 Å². The van der Waals surface area contributed by atoms with Crippen LogP contribution in [0.15, 0.2) is 18.2 Å². The smallest absolute Gasteiger partial charge is 0.342 e. The molecule has 0 atom stereocenters. The summed E-state index contributed by atoms with van der Waals surface area (Å²) >= 11 is 0. The third-order valence-corrected chi connectivity index (χ3v) is 3.39. The lowest BCUT2D eigenvalue weighted by molar-refractivity contribution is -0.133. The Balaban J connectivity index is 2.91. The molecule has 0 heterocycles. The molecule has 24 heavy (non-hydrogen) atoms. The highest BCUT2D eigenvalue weighted by atomic mass is 16.5. The first-order valence-corrected chi connectivity index (χ1v) is 8.41. The first-order chi connectivity index (χ1) is 11.6. The fourth-order valence-corrected chi connectivity index (χ4v) is 2.13. The van der Waals surface area contributed by atoms with Crippen molar-refractivity contribution >= 4 is 11.9 Å². The molecule has 0 bridgehead atoms. The van der Waals surface area contributed by atoms with Crippen LogP contribution in [0.4, 0.5) is 0 Å². The monoisotopic (exact) mass is 337 g/mol. The maximum Gasteiger partial charge on any atom is 0.342 e. The van der Waals surface area contributed by atoms with Crippen LogP contribution in [-0.2, 0) is 9.53 Å². The number of carbonyl (C=O) groups is 2. The number of benzene rings is 1. The van der Waals surface area contributed by atoms with Gasteiger partial charge in [0.05, 0.1) is 13.2 Å². The lowest BCUT2D eigenvalue weighted by atomic mass is 10.2. The van der Waals surface area contributed by atoms with Crippen LogP contribution in [0, 0.1) is 0 Å². The molecule has 6 heteroatoms. The number of amides is 1. The molecule has 0 N–H and O–H groups in total. The van der Waals surface area contributed by atoms with Crippen LogP contribution in [0.2, 0.25) is 0 Å². The van der Waals surface area contributed by atoms with Crippen molar-refractivity contribution in [3.8, 4) is 11.5 Å². The van der Waals surface area contributed by atoms with Gasteiger partial charge in [-0.2, -0.15) is 0 Å². The highest BCUT2D eigenvalue weighted by Crippen LogP contribution is 2.25. The molecule has 0 spiro atoms. The number of rotatable bonds is 10. The number of likely N-dealkylation sites (N-methyl/N-ethyl adjacent to an activating group) is 1. The third-order valence-electron chi connectivity index (χ3n) is 3.39. The van der Waals surface area contributed by atoms with E-state index >= 15 is 0 Å². The summed E-state index contributed by atoms with van der Waals surface area (Å²) in [6, 6.07) is 4.92. The molecule has 0 saturated heterocycles. The molecule has 134 valence electrons. The molecule has 0 aliphatic carbocycles. The number of esters is 1. The van der Waals surface area contributed by atoms with Crippen molar-refractivity contribution in [3.05, 3.63) is 23.8 Å². The summed E-state index contributed by atoms with van der Waals surface area (Å²) in [6.07, 6.45) is 0.730. The van der Waals surface area contributed by atoms with Crippen molar-refractivity contribution in [1.29, 1.82) is 0 Å². The molecule has 1 aromatic carbocycles. The van der Waals surface area contributed by atoms with E-state index in [1.54, 1.807) is 23.1 Å². The van der Waals surface area contributed by atoms with E-state index in [2.05, 4.69) is 0 Å². The number of nitrogens with zero attached hydrogens (tertiary/aromatic N) is 1. The van der Waals surface area contributed by atoms with E-state index in [9.17, 15) is 9.59 Å². The second kappa shape index (κ2) is 10.5. The fourth-order valence-electron chi connectivity index (χ4n) is 2.13. The Morgan fingerprint density at radius 1 is 1.04 bits per heavy atom. The minimum Gasteiger partial charge on any atom is -0.494 e. The topological polar surface area (TPSA) is 65.1 Å². The molecule has 0 aromatic heterocycles. The molecule has 1 amide bonds. The van der Waals surface area contributed by atoms with Crippen LogP contribution < -0.4 is 9.47 Å². The Morgan fingerprint density at radius 3 is 2.33 bits per heavy atom. The van der Waals surface area contributed by atoms with Gasteiger partial charge in [0.25, 0.3) is 5.91 Å². The van der Waals surface area contributed by atoms with Gasteiger partial charge in [0.1, 0.15) is 17.1 Å². The van der Waals surface area contributed by atoms with Gasteiger partial charge in [0, 0.05) is 13.1 Å². The number of ether oxygens (including phenoxy) is 3. The Kier molecular flexibility index (Phi) is 8.68. The Labute approximate surface area is 143 Å². The minimum atomic E-state index is -0.483. The van der Waals surface area contributed by atoms with Crippen LogP contribution in [0.3, 0.4) is 0 Å². The summed E-state index contributed by atoms with van der Waals surface area (Å²) in [7, 11) is 0. The summed E-state index contributed by atoms with van der Waals surface area (Å²) in [4.78, 5) is 26.0. The van der Waals surface area contributed by atoms with Crippen molar-refractivity contribution in [1.82, 2.24) is 4.90 Å². The fraction of sp³-hybridized carbons (Fsp3) is 0.556. The van der Waals surface area contributed by atoms with E-state index in [1.807, 2.05) is 27.7 Å². The normalized spacial score (nSPS) is 10.2. The van der Waals surface area contributed by atoms with Crippen LogP contribution in [0.5, 0.6) is 11.5 Å². The Morgan fingerprint density at radius 2 is 1.75 bits per heavy atom. The summed E-state index contributed by atoms with van der Waals surface area (Å²) in [5, 5.41) is 0. The third kappa shape index (κ3) is 5.76. The molecule has 1 aromatic rings. The molecule has 0 saturated carbocycles. The van der Waals surface area contributed by atoms with Crippen molar-refractivity contribution < 1.29 is 23.8 Å². The quantitative estimate of drug-likeness (QED) is 0.614. The van der Waals surface area contributed by atoms with Gasteiger partial charge in [0.15, 0.2) is 6.61 Å². The van der Waals surface area contributed by atoms with E-state index in [1.165, 1.54) is 0 Å². The molecule has 6 nitrogen and oxygen atoms in total. The first-order valence-electron chi connectivity index (χ1n) is 8.41. The predicted octanol–water partition coefficient (Wildman–Crippen LogP) is 2.90. The van der Waals surface area contributed by atoms with E-state index < -0.39 is 5.97 Å². The zero-order chi connectivity index (χ0) is 17.9. The van der Waals surface area contributed by atoms with E-state index in [-0.39, 0.29) is 18.1 Å². The van der Waals surface area contributed by atoms with Gasteiger partial charge in [0.2, 0.25) is 0 Å². The van der Waals surface area contributed by atoms with E-state index in [0.29, 0.717) is 37.8 Å². The van der Waals surface area contributed by atoms with Gasteiger partial charge < -0.3 is 19.1 Å². The maximum absolute atomic E-state index is 12.2. The molecule has 0 aliphatic rings. The molecule has 0 fully saturated rings. The van der Waals surface area contributed by atoms with Gasteiger partial charge >= 0.3 is 5.97 Å². The van der Waals surface area contributed by atoms with Crippen LogP contribution in [-0.4, -0.2) is 49.7 Å². The van der Waals surface area contributed by atoms with E-state index in [4.69, 9.17) is 14.2 Å². The highest BCUT2D eigenvalue weighted by molar-refractivity contribution is 5.93. The average molecular weight is 337 g/mol. The average Bonchev–Trinajstić information content (AvgIpc) is 2.59. The predicted molar refractivity (Wildman–Crippen MR) is 91.6 cm³/mol. The first kappa shape index (κ1) is 19.8. The van der Waals surface area contributed by atoms with Crippen LogP contribution in [0.25, 0.3) is 0 Å². The van der Waals surface area contributed by atoms with Gasteiger partial charge in [-0.15, -0.1) is 0 Å². The van der Waals surface area contributed by atoms with Crippen LogP contribution >= 0.6 is 0 Å². The van der Waals surface area contributed by atoms with Crippen LogP contribution in [0.1, 0.15) is 44.5 Å². The second-order valence-corrected chi connectivity index (χ2v) is 5.08. The van der Waals surface area contributed by atoms with Gasteiger partial charge in [-0.3, -0.25) is 4.79 Å². The summed E-state index contributed by atoms with van der Waals surface area (Å²) in [5.74, 6) is 0.272. The van der Waals surface area contributed by atoms with Gasteiger partial charge in [-0.25, -0.2) is 4.79 Å². The Hall–Kier alpha value is -2.24. The highest BCUT2D eigenvalue weighted by Gasteiger charge is 2.18. The minimum absolute atomic E-state index is 0.121.